The first kappa shape index (κ1) is 23.8. The molecule has 4 aliphatic rings. The monoisotopic (exact) mass is 414 g/mol. The molecular formula is C28H46O2. The summed E-state index contributed by atoms with van der Waals surface area (Å²) in [5, 5.41) is 10.2. The lowest BCUT2D eigenvalue weighted by atomic mass is 9.69. The quantitative estimate of drug-likeness (QED) is 0.423. The molecule has 2 heteroatoms. The molecule has 3 unspecified atom stereocenters. The van der Waals surface area contributed by atoms with Crippen molar-refractivity contribution >= 4 is 5.78 Å². The summed E-state index contributed by atoms with van der Waals surface area (Å²) >= 11 is 0. The van der Waals surface area contributed by atoms with E-state index in [1.807, 2.05) is 0 Å². The van der Waals surface area contributed by atoms with Crippen molar-refractivity contribution in [3.63, 3.8) is 0 Å². The molecule has 0 aromatic carbocycles. The number of hydrogen-bond donors (Lipinski definition) is 1. The van der Waals surface area contributed by atoms with Gasteiger partial charge in [0.1, 0.15) is 0 Å². The van der Waals surface area contributed by atoms with Crippen LogP contribution in [0.3, 0.4) is 0 Å². The normalized spacial score (nSPS) is 35.6. The molecule has 0 aliphatic heterocycles. The van der Waals surface area contributed by atoms with Crippen LogP contribution in [0.2, 0.25) is 0 Å². The first-order chi connectivity index (χ1) is 13.6. The molecule has 4 aliphatic carbocycles. The van der Waals surface area contributed by atoms with Gasteiger partial charge in [0.05, 0.1) is 6.10 Å². The number of aliphatic hydroxyl groups is 1. The molecule has 0 heterocycles. The minimum Gasteiger partial charge on any atom is -0.389 e. The van der Waals surface area contributed by atoms with Gasteiger partial charge in [-0.2, -0.15) is 0 Å². The lowest BCUT2D eigenvalue weighted by molar-refractivity contribution is -0.117. The maximum absolute atomic E-state index is 12.1. The summed E-state index contributed by atoms with van der Waals surface area (Å²) < 4.78 is 0. The van der Waals surface area contributed by atoms with E-state index in [9.17, 15) is 9.90 Å². The second-order valence-electron chi connectivity index (χ2n) is 12.8. The van der Waals surface area contributed by atoms with E-state index in [2.05, 4.69) is 69.2 Å². The third-order valence-corrected chi connectivity index (χ3v) is 10.2. The van der Waals surface area contributed by atoms with Gasteiger partial charge in [-0.25, -0.2) is 0 Å². The van der Waals surface area contributed by atoms with Crippen molar-refractivity contribution in [1.82, 2.24) is 0 Å². The highest BCUT2D eigenvalue weighted by Gasteiger charge is 2.53. The first-order valence-electron chi connectivity index (χ1n) is 12.3. The maximum atomic E-state index is 12.1. The number of Topliss-reactive ketones (excluding diaryl/α,β-unsaturated/α-hetero) is 1. The van der Waals surface area contributed by atoms with Crippen molar-refractivity contribution in [1.29, 1.82) is 0 Å². The Balaban J connectivity index is 0.000000171. The Morgan fingerprint density at radius 3 is 1.73 bits per heavy atom. The van der Waals surface area contributed by atoms with Crippen molar-refractivity contribution in [3.05, 3.63) is 22.3 Å². The Morgan fingerprint density at radius 1 is 0.700 bits per heavy atom. The molecule has 4 rings (SSSR count). The molecule has 0 spiro atoms. The van der Waals surface area contributed by atoms with Gasteiger partial charge >= 0.3 is 0 Å². The Bertz CT molecular complexity index is 781. The van der Waals surface area contributed by atoms with Crippen LogP contribution in [-0.2, 0) is 4.79 Å². The molecule has 0 radical (unpaired) electrons. The van der Waals surface area contributed by atoms with Crippen molar-refractivity contribution in [2.24, 2.45) is 33.5 Å². The van der Waals surface area contributed by atoms with Crippen molar-refractivity contribution < 1.29 is 9.90 Å². The van der Waals surface area contributed by atoms with Crippen LogP contribution >= 0.6 is 0 Å². The van der Waals surface area contributed by atoms with Gasteiger partial charge in [0.25, 0.3) is 0 Å². The molecule has 30 heavy (non-hydrogen) atoms. The van der Waals surface area contributed by atoms with Gasteiger partial charge in [-0.05, 0) is 71.2 Å². The van der Waals surface area contributed by atoms with Gasteiger partial charge in [-0.15, -0.1) is 0 Å². The largest absolute Gasteiger partial charge is 0.389 e. The van der Waals surface area contributed by atoms with E-state index in [1.54, 1.807) is 5.57 Å². The average molecular weight is 415 g/mol. The number of carbonyl (C=O) groups excluding carboxylic acids is 1. The van der Waals surface area contributed by atoms with E-state index in [0.717, 1.165) is 32.1 Å². The SMILES string of the molecule is CC1C(C)(C)C2=C(C(=O)CCC2)C1(C)C.CC1C(C)(C)C2=C(C(O)CCC2)C1(C)C. The lowest BCUT2D eigenvalue weighted by Gasteiger charge is -2.35. The zero-order valence-corrected chi connectivity index (χ0v) is 21.3. The molecular weight excluding hydrogens is 368 g/mol. The minimum atomic E-state index is -0.173. The molecule has 0 fully saturated rings. The van der Waals surface area contributed by atoms with Crippen LogP contribution in [0.1, 0.15) is 108 Å². The van der Waals surface area contributed by atoms with Crippen LogP contribution in [-0.4, -0.2) is 17.0 Å². The van der Waals surface area contributed by atoms with Gasteiger partial charge in [-0.1, -0.05) is 80.4 Å². The molecule has 2 nitrogen and oxygen atoms in total. The van der Waals surface area contributed by atoms with Crippen LogP contribution in [0.25, 0.3) is 0 Å². The molecule has 1 N–H and O–H groups in total. The first-order valence-corrected chi connectivity index (χ1v) is 12.3. The Hall–Kier alpha value is -0.890. The highest BCUT2D eigenvalue weighted by Crippen LogP contribution is 2.61. The standard InChI is InChI=1S/C14H24O.C14H22O/c2*1-9-13(2,3)10-7-6-8-11(15)12(10)14(9,4)5/h9,11,15H,6-8H2,1-5H3;9H,6-8H2,1-5H3. The Labute approximate surface area is 185 Å². The second-order valence-corrected chi connectivity index (χ2v) is 12.8. The zero-order chi connectivity index (χ0) is 22.9. The van der Waals surface area contributed by atoms with E-state index in [1.165, 1.54) is 23.1 Å². The van der Waals surface area contributed by atoms with E-state index in [-0.39, 0.29) is 27.8 Å². The number of ketones is 1. The Kier molecular flexibility index (Phi) is 5.80. The van der Waals surface area contributed by atoms with Crippen LogP contribution in [0.4, 0.5) is 0 Å². The summed E-state index contributed by atoms with van der Waals surface area (Å²) in [5.74, 6) is 1.61. The summed E-state index contributed by atoms with van der Waals surface area (Å²) in [4.78, 5) is 12.1. The van der Waals surface area contributed by atoms with E-state index < -0.39 is 0 Å². The summed E-state index contributed by atoms with van der Waals surface area (Å²) in [6.07, 6.45) is 6.12. The highest BCUT2D eigenvalue weighted by molar-refractivity contribution is 5.99. The lowest BCUT2D eigenvalue weighted by Crippen LogP contribution is -2.30. The average Bonchev–Trinajstić information content (AvgIpc) is 2.88. The van der Waals surface area contributed by atoms with E-state index in [0.29, 0.717) is 17.6 Å². The van der Waals surface area contributed by atoms with Crippen LogP contribution in [0.15, 0.2) is 22.3 Å². The van der Waals surface area contributed by atoms with E-state index >= 15 is 0 Å². The second kappa shape index (κ2) is 7.32. The fourth-order valence-electron chi connectivity index (χ4n) is 7.45. The van der Waals surface area contributed by atoms with Crippen LogP contribution < -0.4 is 0 Å². The number of allylic oxidation sites excluding steroid dienone is 3. The minimum absolute atomic E-state index is 0.0797. The summed E-state index contributed by atoms with van der Waals surface area (Å²) in [6.45, 7) is 23.0. The van der Waals surface area contributed by atoms with E-state index in [4.69, 9.17) is 0 Å². The number of hydrogen-bond acceptors (Lipinski definition) is 2. The van der Waals surface area contributed by atoms with Gasteiger partial charge in [0.2, 0.25) is 0 Å². The van der Waals surface area contributed by atoms with Gasteiger partial charge in [0.15, 0.2) is 5.78 Å². The molecule has 3 atom stereocenters. The fourth-order valence-corrected chi connectivity index (χ4v) is 7.45. The Morgan fingerprint density at radius 2 is 1.20 bits per heavy atom. The van der Waals surface area contributed by atoms with Gasteiger partial charge in [0, 0.05) is 12.0 Å². The predicted octanol–water partition coefficient (Wildman–Crippen LogP) is 7.27. The number of aliphatic hydroxyl groups excluding tert-OH is 1. The number of rotatable bonds is 0. The fraction of sp³-hybridized carbons (Fsp3) is 0.821. The third-order valence-electron chi connectivity index (χ3n) is 10.2. The van der Waals surface area contributed by atoms with Crippen LogP contribution in [0, 0.1) is 33.5 Å². The molecule has 0 saturated carbocycles. The summed E-state index contributed by atoms with van der Waals surface area (Å²) in [6, 6.07) is 0. The molecule has 0 aromatic heterocycles. The summed E-state index contributed by atoms with van der Waals surface area (Å²) in [5.41, 5.74) is 6.30. The van der Waals surface area contributed by atoms with Crippen molar-refractivity contribution in [2.75, 3.05) is 0 Å². The predicted molar refractivity (Wildman–Crippen MR) is 126 cm³/mol. The third kappa shape index (κ3) is 3.28. The molecule has 0 saturated heterocycles. The topological polar surface area (TPSA) is 37.3 Å². The number of carbonyl (C=O) groups is 1. The molecule has 0 aromatic rings. The van der Waals surface area contributed by atoms with Crippen molar-refractivity contribution in [2.45, 2.75) is 114 Å². The molecule has 0 bridgehead atoms. The van der Waals surface area contributed by atoms with Gasteiger partial charge in [-0.3, -0.25) is 4.79 Å². The zero-order valence-electron chi connectivity index (χ0n) is 21.3. The summed E-state index contributed by atoms with van der Waals surface area (Å²) in [7, 11) is 0. The molecule has 170 valence electrons. The van der Waals surface area contributed by atoms with Crippen molar-refractivity contribution in [3.8, 4) is 0 Å². The highest BCUT2D eigenvalue weighted by atomic mass is 16.3. The maximum Gasteiger partial charge on any atom is 0.159 e. The van der Waals surface area contributed by atoms with Crippen LogP contribution in [0.5, 0.6) is 0 Å². The smallest absolute Gasteiger partial charge is 0.159 e. The molecule has 0 amide bonds. The van der Waals surface area contributed by atoms with Gasteiger partial charge < -0.3 is 5.11 Å².